The number of H-pyrrole nitrogens is 1. The van der Waals surface area contributed by atoms with Gasteiger partial charge in [-0.2, -0.15) is 16.8 Å². The van der Waals surface area contributed by atoms with Crippen molar-refractivity contribution in [3.05, 3.63) is 39.8 Å². The summed E-state index contributed by atoms with van der Waals surface area (Å²) in [5, 5.41) is 2.74. The SMILES string of the molecule is CCCCCCc1cc(=O)n(-c2cc(S(=O)(=O)O)c(C)cc2S(=O)(=O)O)[nH]1.[NaH].[NaH]. The van der Waals surface area contributed by atoms with Gasteiger partial charge in [0, 0.05) is 11.8 Å². The van der Waals surface area contributed by atoms with Crippen molar-refractivity contribution in [2.24, 2.45) is 0 Å². The molecule has 0 saturated heterocycles. The summed E-state index contributed by atoms with van der Waals surface area (Å²) in [7, 11) is -9.41. The van der Waals surface area contributed by atoms with E-state index < -0.39 is 35.6 Å². The van der Waals surface area contributed by atoms with E-state index in [-0.39, 0.29) is 70.4 Å². The van der Waals surface area contributed by atoms with E-state index >= 15 is 0 Å². The Hall–Kier alpha value is 0.0500. The van der Waals surface area contributed by atoms with Gasteiger partial charge in [-0.15, -0.1) is 0 Å². The summed E-state index contributed by atoms with van der Waals surface area (Å²) in [6.07, 6.45) is 4.45. The first-order valence-electron chi connectivity index (χ1n) is 8.36. The van der Waals surface area contributed by atoms with Gasteiger partial charge in [0.2, 0.25) is 0 Å². The monoisotopic (exact) mass is 466 g/mol. The summed E-state index contributed by atoms with van der Waals surface area (Å²) >= 11 is 0. The van der Waals surface area contributed by atoms with Crippen molar-refractivity contribution < 1.29 is 25.9 Å². The maximum atomic E-state index is 12.3. The predicted molar refractivity (Wildman–Crippen MR) is 113 cm³/mol. The van der Waals surface area contributed by atoms with Crippen LogP contribution in [-0.4, -0.2) is 94.8 Å². The summed E-state index contributed by atoms with van der Waals surface area (Å²) in [6, 6.07) is 3.02. The van der Waals surface area contributed by atoms with E-state index in [1.807, 2.05) is 0 Å². The first-order chi connectivity index (χ1) is 12.4. The van der Waals surface area contributed by atoms with Crippen LogP contribution in [0.1, 0.15) is 43.9 Å². The van der Waals surface area contributed by atoms with E-state index in [1.165, 1.54) is 13.0 Å². The zero-order chi connectivity index (χ0) is 20.4. The molecular weight excluding hydrogens is 442 g/mol. The number of unbranched alkanes of at least 4 members (excludes halogenated alkanes) is 3. The van der Waals surface area contributed by atoms with Crippen LogP contribution in [0.5, 0.6) is 0 Å². The average molecular weight is 466 g/mol. The Labute approximate surface area is 214 Å². The topological polar surface area (TPSA) is 147 Å². The number of aromatic nitrogens is 2. The number of rotatable bonds is 8. The van der Waals surface area contributed by atoms with Crippen LogP contribution >= 0.6 is 0 Å². The Kier molecular flexibility index (Phi) is 11.6. The molecule has 0 unspecified atom stereocenters. The normalized spacial score (nSPS) is 11.6. The van der Waals surface area contributed by atoms with Crippen molar-refractivity contribution in [3.63, 3.8) is 0 Å². The Bertz CT molecular complexity index is 1110. The molecule has 0 bridgehead atoms. The molecule has 2 aromatic rings. The third-order valence-corrected chi connectivity index (χ3v) is 6.00. The number of aryl methyl sites for hydroxylation is 2. The molecule has 0 fully saturated rings. The van der Waals surface area contributed by atoms with Gasteiger partial charge in [0.1, 0.15) is 4.90 Å². The van der Waals surface area contributed by atoms with Gasteiger partial charge in [0.05, 0.1) is 10.6 Å². The van der Waals surface area contributed by atoms with E-state index in [9.17, 15) is 30.7 Å². The summed E-state index contributed by atoms with van der Waals surface area (Å²) < 4.78 is 66.2. The molecule has 2 rings (SSSR count). The van der Waals surface area contributed by atoms with Gasteiger partial charge >= 0.3 is 59.1 Å². The number of nitrogens with one attached hydrogen (secondary N) is 1. The first-order valence-corrected chi connectivity index (χ1v) is 11.2. The standard InChI is InChI=1S/C16H22N2O7S2.2Na.2H/c1-3-4-5-6-7-12-9-16(19)18(17-12)13-10-14(26(20,21)22)11(2)8-15(13)27(23,24)25;;;;/h8-10,17H,3-7H2,1-2H3,(H,20,21,22)(H,23,24,25);;;;. The molecule has 1 heterocycles. The molecule has 1 aromatic carbocycles. The number of hydrogen-bond donors (Lipinski definition) is 3. The van der Waals surface area contributed by atoms with Crippen LogP contribution in [0.15, 0.2) is 32.8 Å². The van der Waals surface area contributed by atoms with Crippen molar-refractivity contribution >= 4 is 79.4 Å². The second-order valence-corrected chi connectivity index (χ2v) is 9.08. The average Bonchev–Trinajstić information content (AvgIpc) is 2.90. The van der Waals surface area contributed by atoms with Crippen LogP contribution in [0.4, 0.5) is 0 Å². The minimum atomic E-state index is -4.75. The fourth-order valence-corrected chi connectivity index (χ4v) is 4.27. The second-order valence-electron chi connectivity index (χ2n) is 6.30. The van der Waals surface area contributed by atoms with Crippen molar-refractivity contribution in [1.29, 1.82) is 0 Å². The molecule has 0 spiro atoms. The second kappa shape index (κ2) is 11.6. The quantitative estimate of drug-likeness (QED) is 0.296. The van der Waals surface area contributed by atoms with Crippen molar-refractivity contribution in [2.75, 3.05) is 0 Å². The third-order valence-electron chi connectivity index (χ3n) is 4.13. The molecule has 0 atom stereocenters. The molecule has 1 aromatic heterocycles. The number of hydrogen-bond acceptors (Lipinski definition) is 5. The van der Waals surface area contributed by atoms with Gasteiger partial charge in [-0.1, -0.05) is 26.2 Å². The Morgan fingerprint density at radius 1 is 0.931 bits per heavy atom. The molecule has 13 heteroatoms. The van der Waals surface area contributed by atoms with Crippen LogP contribution in [-0.2, 0) is 26.7 Å². The van der Waals surface area contributed by atoms with E-state index in [2.05, 4.69) is 12.0 Å². The predicted octanol–water partition coefficient (Wildman–Crippen LogP) is 0.793. The molecule has 0 saturated carbocycles. The van der Waals surface area contributed by atoms with Crippen LogP contribution in [0, 0.1) is 6.92 Å². The van der Waals surface area contributed by atoms with Crippen LogP contribution in [0.25, 0.3) is 5.69 Å². The van der Waals surface area contributed by atoms with Crippen LogP contribution in [0.3, 0.4) is 0 Å². The maximum absolute atomic E-state index is 12.3. The van der Waals surface area contributed by atoms with E-state index in [0.29, 0.717) is 12.1 Å². The Morgan fingerprint density at radius 2 is 1.52 bits per heavy atom. The van der Waals surface area contributed by atoms with Gasteiger partial charge in [0.25, 0.3) is 25.8 Å². The van der Waals surface area contributed by atoms with Gasteiger partial charge in [-0.25, -0.2) is 4.68 Å². The molecule has 0 aliphatic carbocycles. The number of nitrogens with zero attached hydrogens (tertiary/aromatic N) is 1. The molecule has 0 aliphatic heterocycles. The third kappa shape index (κ3) is 7.60. The van der Waals surface area contributed by atoms with Crippen molar-refractivity contribution in [3.8, 4) is 5.69 Å². The molecule has 29 heavy (non-hydrogen) atoms. The van der Waals surface area contributed by atoms with Crippen LogP contribution in [0.2, 0.25) is 0 Å². The fraction of sp³-hybridized carbons (Fsp3) is 0.438. The van der Waals surface area contributed by atoms with E-state index in [0.717, 1.165) is 42.5 Å². The summed E-state index contributed by atoms with van der Waals surface area (Å²) in [5.41, 5.74) is -0.546. The van der Waals surface area contributed by atoms with Gasteiger partial charge in [0.15, 0.2) is 0 Å². The summed E-state index contributed by atoms with van der Waals surface area (Å²) in [4.78, 5) is 11.1. The molecule has 154 valence electrons. The number of aromatic amines is 1. The summed E-state index contributed by atoms with van der Waals surface area (Å²) in [6.45, 7) is 3.33. The van der Waals surface area contributed by atoms with Crippen molar-refractivity contribution in [1.82, 2.24) is 9.78 Å². The minimum absolute atomic E-state index is 0. The zero-order valence-corrected chi connectivity index (χ0v) is 16.6. The molecule has 0 radical (unpaired) electrons. The number of benzene rings is 1. The van der Waals surface area contributed by atoms with E-state index in [1.54, 1.807) is 0 Å². The molecular formula is C16H24N2Na2O7S2. The van der Waals surface area contributed by atoms with Crippen molar-refractivity contribution in [2.45, 2.75) is 55.7 Å². The van der Waals surface area contributed by atoms with Gasteiger partial charge in [-0.05, 0) is 37.5 Å². The summed E-state index contributed by atoms with van der Waals surface area (Å²) in [5.74, 6) is 0. The Balaban J connectivity index is 0.00000392. The molecule has 0 amide bonds. The molecule has 9 nitrogen and oxygen atoms in total. The van der Waals surface area contributed by atoms with Crippen LogP contribution < -0.4 is 5.56 Å². The fourth-order valence-electron chi connectivity index (χ4n) is 2.80. The molecule has 3 N–H and O–H groups in total. The Morgan fingerprint density at radius 3 is 2.03 bits per heavy atom. The van der Waals surface area contributed by atoms with Gasteiger partial charge in [-0.3, -0.25) is 19.0 Å². The van der Waals surface area contributed by atoms with Gasteiger partial charge < -0.3 is 0 Å². The van der Waals surface area contributed by atoms with E-state index in [4.69, 9.17) is 0 Å². The molecule has 0 aliphatic rings. The zero-order valence-electron chi connectivity index (χ0n) is 15.0. The first kappa shape index (κ1) is 29.1.